The summed E-state index contributed by atoms with van der Waals surface area (Å²) >= 11 is 1.38. The third-order valence-corrected chi connectivity index (χ3v) is 14.1. The molecule has 0 saturated heterocycles. The summed E-state index contributed by atoms with van der Waals surface area (Å²) in [6, 6.07) is 28.9. The molecule has 14 nitrogen and oxygen atoms in total. The number of hydrogen-bond donors (Lipinski definition) is 1. The third kappa shape index (κ3) is 10.6. The molecule has 0 aromatic heterocycles. The number of rotatable bonds is 21. The summed E-state index contributed by atoms with van der Waals surface area (Å²) in [5, 5.41) is 9.60. The quantitative estimate of drug-likeness (QED) is 0.0700. The molecule has 364 valence electrons. The Bertz CT molecular complexity index is 2850. The fourth-order valence-corrected chi connectivity index (χ4v) is 10.3. The predicted octanol–water partition coefficient (Wildman–Crippen LogP) is 9.58. The van der Waals surface area contributed by atoms with Crippen LogP contribution in [0.1, 0.15) is 75.7 Å². The number of anilines is 3. The number of para-hydroxylation sites is 2. The van der Waals surface area contributed by atoms with E-state index < -0.39 is 10.7 Å². The lowest BCUT2D eigenvalue weighted by Crippen LogP contribution is -2.39. The van der Waals surface area contributed by atoms with Crippen LogP contribution in [0, 0.1) is 6.92 Å². The Morgan fingerprint density at radius 1 is 0.743 bits per heavy atom. The van der Waals surface area contributed by atoms with E-state index in [0.29, 0.717) is 92.1 Å². The van der Waals surface area contributed by atoms with E-state index in [1.807, 2.05) is 98.8 Å². The van der Waals surface area contributed by atoms with E-state index in [2.05, 4.69) is 30.0 Å². The highest BCUT2D eigenvalue weighted by atomic mass is 32.2. The van der Waals surface area contributed by atoms with Gasteiger partial charge in [-0.2, -0.15) is 0 Å². The maximum Gasteiger partial charge on any atom is 0.313 e. The highest BCUT2D eigenvalue weighted by Crippen LogP contribution is 2.42. The van der Waals surface area contributed by atoms with Gasteiger partial charge in [0.05, 0.1) is 67.3 Å². The van der Waals surface area contributed by atoms with Crippen molar-refractivity contribution >= 4 is 70.4 Å². The molecule has 70 heavy (non-hydrogen) atoms. The number of aliphatic imine (C=N–C) groups is 2. The number of amides is 2. The highest BCUT2D eigenvalue weighted by molar-refractivity contribution is 8.01. The van der Waals surface area contributed by atoms with Crippen LogP contribution in [-0.4, -0.2) is 105 Å². The number of benzene rings is 5. The first kappa shape index (κ1) is 48.3. The van der Waals surface area contributed by atoms with Crippen molar-refractivity contribution in [2.45, 2.75) is 77.0 Å². The van der Waals surface area contributed by atoms with Crippen molar-refractivity contribution in [1.29, 1.82) is 0 Å². The number of carboxylic acid groups (broad SMARTS) is 1. The van der Waals surface area contributed by atoms with Crippen molar-refractivity contribution in [1.82, 2.24) is 0 Å². The molecule has 5 aromatic rings. The number of fused-ring (bicyclic) bond motifs is 8. The van der Waals surface area contributed by atoms with Gasteiger partial charge in [-0.15, -0.1) is 11.8 Å². The van der Waals surface area contributed by atoms with E-state index in [-0.39, 0.29) is 42.9 Å². The molecular weight excluding hydrogens is 907 g/mol. The Morgan fingerprint density at radius 3 is 1.89 bits per heavy atom. The number of hydrogen-bond acceptors (Lipinski definition) is 12. The van der Waals surface area contributed by atoms with E-state index in [9.17, 15) is 19.5 Å². The second kappa shape index (κ2) is 21.1. The SMILES string of the molecule is CCCOCCOCCN(CC(C)(C)SCC(=O)O)c1cc(COc2cc3c(cc2C)C(=O)N2c4ccccc4C[C@H]2C=N3)cc(COc2cc3c(cc2OC)C(=O)N2c4ccccc4C[C@H]2C=N3)c1. The Labute approximate surface area is 413 Å². The van der Waals surface area contributed by atoms with Crippen LogP contribution in [0.4, 0.5) is 28.4 Å². The largest absolute Gasteiger partial charge is 0.493 e. The van der Waals surface area contributed by atoms with Crippen LogP contribution in [0.3, 0.4) is 0 Å². The van der Waals surface area contributed by atoms with Gasteiger partial charge in [-0.3, -0.25) is 34.2 Å². The Hall–Kier alpha value is -6.68. The summed E-state index contributed by atoms with van der Waals surface area (Å²) < 4.78 is 30.3. The molecule has 0 unspecified atom stereocenters. The van der Waals surface area contributed by atoms with Crippen LogP contribution in [-0.2, 0) is 40.3 Å². The molecule has 4 heterocycles. The van der Waals surface area contributed by atoms with Crippen LogP contribution >= 0.6 is 11.8 Å². The molecule has 1 N–H and O–H groups in total. The lowest BCUT2D eigenvalue weighted by Gasteiger charge is -2.34. The molecule has 0 radical (unpaired) electrons. The molecule has 0 bridgehead atoms. The summed E-state index contributed by atoms with van der Waals surface area (Å²) in [5.74, 6) is 0.277. The van der Waals surface area contributed by atoms with Crippen LogP contribution in [0.15, 0.2) is 101 Å². The zero-order valence-corrected chi connectivity index (χ0v) is 41.1. The Balaban J connectivity index is 1.01. The number of carboxylic acids is 1. The summed E-state index contributed by atoms with van der Waals surface area (Å²) in [5.41, 5.74) is 9.37. The maximum absolute atomic E-state index is 14.1. The fraction of sp³-hybridized carbons (Fsp3) is 0.364. The van der Waals surface area contributed by atoms with Crippen molar-refractivity contribution in [3.63, 3.8) is 0 Å². The Kier molecular flexibility index (Phi) is 14.6. The normalized spacial score (nSPS) is 16.4. The molecule has 5 aromatic carbocycles. The molecule has 4 aliphatic rings. The van der Waals surface area contributed by atoms with Gasteiger partial charge in [0.2, 0.25) is 0 Å². The summed E-state index contributed by atoms with van der Waals surface area (Å²) in [6.45, 7) is 11.4. The van der Waals surface area contributed by atoms with E-state index >= 15 is 0 Å². The zero-order chi connectivity index (χ0) is 48.9. The van der Waals surface area contributed by atoms with Crippen molar-refractivity contribution in [3.8, 4) is 17.2 Å². The molecule has 2 amide bonds. The summed E-state index contributed by atoms with van der Waals surface area (Å²) in [6.07, 6.45) is 6.01. The second-order valence-corrected chi connectivity index (χ2v) is 20.2. The first-order valence-corrected chi connectivity index (χ1v) is 24.8. The van der Waals surface area contributed by atoms with E-state index in [1.54, 1.807) is 24.1 Å². The third-order valence-electron chi connectivity index (χ3n) is 12.8. The summed E-state index contributed by atoms with van der Waals surface area (Å²) in [4.78, 5) is 55.4. The smallest absolute Gasteiger partial charge is 0.313 e. The summed E-state index contributed by atoms with van der Waals surface area (Å²) in [7, 11) is 1.55. The van der Waals surface area contributed by atoms with Gasteiger partial charge in [-0.05, 0) is 97.5 Å². The number of thioether (sulfide) groups is 1. The first-order chi connectivity index (χ1) is 33.9. The molecule has 0 fully saturated rings. The van der Waals surface area contributed by atoms with E-state index in [1.165, 1.54) is 11.8 Å². The van der Waals surface area contributed by atoms with Crippen molar-refractivity contribution in [3.05, 3.63) is 130 Å². The molecule has 2 atom stereocenters. The first-order valence-electron chi connectivity index (χ1n) is 23.8. The second-order valence-electron chi connectivity index (χ2n) is 18.5. The molecule has 9 rings (SSSR count). The lowest BCUT2D eigenvalue weighted by molar-refractivity contribution is -0.133. The van der Waals surface area contributed by atoms with Crippen molar-refractivity contribution in [2.24, 2.45) is 9.98 Å². The van der Waals surface area contributed by atoms with Gasteiger partial charge in [0.15, 0.2) is 11.5 Å². The van der Waals surface area contributed by atoms with Gasteiger partial charge in [0.1, 0.15) is 19.0 Å². The average molecular weight is 966 g/mol. The molecule has 0 aliphatic carbocycles. The predicted molar refractivity (Wildman–Crippen MR) is 275 cm³/mol. The maximum atomic E-state index is 14.1. The van der Waals surface area contributed by atoms with Gasteiger partial charge >= 0.3 is 5.97 Å². The van der Waals surface area contributed by atoms with Gasteiger partial charge in [-0.1, -0.05) is 43.3 Å². The van der Waals surface area contributed by atoms with Gasteiger partial charge in [0.25, 0.3) is 11.8 Å². The Morgan fingerprint density at radius 2 is 1.30 bits per heavy atom. The van der Waals surface area contributed by atoms with Crippen LogP contribution in [0.25, 0.3) is 0 Å². The minimum absolute atomic E-state index is 0.0366. The number of methoxy groups -OCH3 is 1. The van der Waals surface area contributed by atoms with Crippen LogP contribution < -0.4 is 28.9 Å². The molecule has 0 spiro atoms. The van der Waals surface area contributed by atoms with Crippen molar-refractivity contribution < 1.29 is 43.2 Å². The molecule has 0 saturated carbocycles. The van der Waals surface area contributed by atoms with Gasteiger partial charge in [0, 0.05) is 78.9 Å². The highest BCUT2D eigenvalue weighted by Gasteiger charge is 2.38. The minimum atomic E-state index is -0.874. The fourth-order valence-electron chi connectivity index (χ4n) is 9.51. The van der Waals surface area contributed by atoms with Crippen LogP contribution in [0.2, 0.25) is 0 Å². The average Bonchev–Trinajstić information content (AvgIpc) is 3.85. The molecular formula is C55H59N5O9S. The van der Waals surface area contributed by atoms with Crippen molar-refractivity contribution in [2.75, 3.05) is 67.1 Å². The number of ether oxygens (including phenoxy) is 5. The van der Waals surface area contributed by atoms with Crippen LogP contribution in [0.5, 0.6) is 17.2 Å². The monoisotopic (exact) mass is 965 g/mol. The van der Waals surface area contributed by atoms with Gasteiger partial charge in [-0.25, -0.2) is 0 Å². The van der Waals surface area contributed by atoms with Gasteiger partial charge < -0.3 is 33.7 Å². The number of nitrogens with zero attached hydrogens (tertiary/aromatic N) is 5. The lowest BCUT2D eigenvalue weighted by atomic mass is 10.1. The molecule has 4 aliphatic heterocycles. The van der Waals surface area contributed by atoms with E-state index in [4.69, 9.17) is 33.7 Å². The number of aliphatic carboxylic acids is 1. The number of carbonyl (C=O) groups is 3. The van der Waals surface area contributed by atoms with E-state index in [0.717, 1.165) is 51.3 Å². The molecule has 15 heteroatoms. The minimum Gasteiger partial charge on any atom is -0.493 e. The number of carbonyl (C=O) groups excluding carboxylic acids is 2. The topological polar surface area (TPSA) is 152 Å². The standard InChI is InChI=1S/C55H59N5O9S/c1-6-16-66-18-19-67-17-15-58(34-55(3,4)70-33-52(61)62)40-22-36(31-68-49-27-45-43(20-35(49)2)53(63)59-41(29-56-45)24-38-11-7-9-13-47(38)59)21-37(23-40)32-69-51-28-46-44(26-50(51)65-5)54(64)60-42(30-57-46)25-39-12-8-10-14-48(39)60/h7-14,20-23,26-30,41-42H,6,15-19,24-25,31-34H2,1-5H3,(H,61,62)/t41-,42-/m0/s1. The zero-order valence-electron chi connectivity index (χ0n) is 40.3. The number of aryl methyl sites for hydroxylation is 1.